The average Bonchev–Trinajstić information content (AvgIpc) is 2.85. The van der Waals surface area contributed by atoms with Gasteiger partial charge in [0.25, 0.3) is 5.91 Å². The third kappa shape index (κ3) is 3.14. The normalized spacial score (nSPS) is 16.6. The number of nitrogens with zero attached hydrogens (tertiary/aromatic N) is 2. The highest BCUT2D eigenvalue weighted by molar-refractivity contribution is 5.93. The molecule has 1 aromatic rings. The standard InChI is InChI=1S/C13H18N2O4/c16-9-10-3-6-14(7-4-10)13(19)11-2-1-5-15(11)8-12(17)18/h1-2,5,10,16H,3-4,6-9H2,(H,17,18). The first kappa shape index (κ1) is 13.6. The fourth-order valence-corrected chi connectivity index (χ4v) is 2.37. The topological polar surface area (TPSA) is 82.8 Å². The number of carboxylic acid groups (broad SMARTS) is 1. The first-order chi connectivity index (χ1) is 9.11. The predicted octanol–water partition coefficient (Wildman–Crippen LogP) is 0.417. The molecule has 104 valence electrons. The van der Waals surface area contributed by atoms with Crippen molar-refractivity contribution < 1.29 is 19.8 Å². The highest BCUT2D eigenvalue weighted by Gasteiger charge is 2.24. The Kier molecular flexibility index (Phi) is 4.21. The molecule has 2 N–H and O–H groups in total. The van der Waals surface area contributed by atoms with Crippen molar-refractivity contribution in [1.29, 1.82) is 0 Å². The molecule has 0 spiro atoms. The lowest BCUT2D eigenvalue weighted by atomic mass is 9.98. The molecule has 1 aromatic heterocycles. The molecular weight excluding hydrogens is 248 g/mol. The van der Waals surface area contributed by atoms with Gasteiger partial charge in [0, 0.05) is 25.9 Å². The van der Waals surface area contributed by atoms with Gasteiger partial charge in [-0.2, -0.15) is 0 Å². The molecule has 0 aromatic carbocycles. The van der Waals surface area contributed by atoms with Crippen molar-refractivity contribution in [2.75, 3.05) is 19.7 Å². The molecule has 0 radical (unpaired) electrons. The van der Waals surface area contributed by atoms with Crippen LogP contribution in [-0.4, -0.2) is 51.3 Å². The van der Waals surface area contributed by atoms with Crippen molar-refractivity contribution >= 4 is 11.9 Å². The summed E-state index contributed by atoms with van der Waals surface area (Å²) in [7, 11) is 0. The van der Waals surface area contributed by atoms with Gasteiger partial charge in [-0.3, -0.25) is 9.59 Å². The van der Waals surface area contributed by atoms with Gasteiger partial charge >= 0.3 is 5.97 Å². The number of rotatable bonds is 4. The zero-order chi connectivity index (χ0) is 13.8. The first-order valence-corrected chi connectivity index (χ1v) is 6.39. The van der Waals surface area contributed by atoms with E-state index in [1.807, 2.05) is 0 Å². The lowest BCUT2D eigenvalue weighted by Crippen LogP contribution is -2.40. The minimum atomic E-state index is -0.968. The maximum Gasteiger partial charge on any atom is 0.323 e. The third-order valence-electron chi connectivity index (χ3n) is 3.51. The monoisotopic (exact) mass is 266 g/mol. The molecule has 1 aliphatic rings. The predicted molar refractivity (Wildman–Crippen MR) is 67.8 cm³/mol. The van der Waals surface area contributed by atoms with E-state index in [1.54, 1.807) is 23.2 Å². The van der Waals surface area contributed by atoms with E-state index in [2.05, 4.69) is 0 Å². The van der Waals surface area contributed by atoms with Crippen molar-refractivity contribution in [2.24, 2.45) is 5.92 Å². The first-order valence-electron chi connectivity index (χ1n) is 6.39. The van der Waals surface area contributed by atoms with Gasteiger partial charge in [-0.15, -0.1) is 0 Å². The summed E-state index contributed by atoms with van der Waals surface area (Å²) in [6, 6.07) is 3.32. The van der Waals surface area contributed by atoms with Crippen LogP contribution in [0.4, 0.5) is 0 Å². The van der Waals surface area contributed by atoms with Gasteiger partial charge in [0.2, 0.25) is 0 Å². The second kappa shape index (κ2) is 5.88. The second-order valence-corrected chi connectivity index (χ2v) is 4.83. The molecule has 1 saturated heterocycles. The zero-order valence-corrected chi connectivity index (χ0v) is 10.7. The minimum Gasteiger partial charge on any atom is -0.480 e. The second-order valence-electron chi connectivity index (χ2n) is 4.83. The lowest BCUT2D eigenvalue weighted by Gasteiger charge is -2.31. The highest BCUT2D eigenvalue weighted by atomic mass is 16.4. The summed E-state index contributed by atoms with van der Waals surface area (Å²) in [4.78, 5) is 24.8. The molecule has 1 fully saturated rings. The summed E-state index contributed by atoms with van der Waals surface area (Å²) in [5.41, 5.74) is 0.407. The smallest absolute Gasteiger partial charge is 0.323 e. The molecule has 2 heterocycles. The van der Waals surface area contributed by atoms with Gasteiger partial charge in [0.05, 0.1) is 0 Å². The van der Waals surface area contributed by atoms with Crippen molar-refractivity contribution in [3.8, 4) is 0 Å². The van der Waals surface area contributed by atoms with Crippen LogP contribution in [0.5, 0.6) is 0 Å². The fourth-order valence-electron chi connectivity index (χ4n) is 2.37. The Morgan fingerprint density at radius 3 is 2.58 bits per heavy atom. The number of carbonyl (C=O) groups excluding carboxylic acids is 1. The summed E-state index contributed by atoms with van der Waals surface area (Å²) in [6.07, 6.45) is 3.19. The van der Waals surface area contributed by atoms with E-state index >= 15 is 0 Å². The maximum atomic E-state index is 12.3. The summed E-state index contributed by atoms with van der Waals surface area (Å²) in [5.74, 6) is -0.832. The summed E-state index contributed by atoms with van der Waals surface area (Å²) in [6.45, 7) is 1.18. The number of carbonyl (C=O) groups is 2. The number of aliphatic hydroxyl groups is 1. The number of hydrogen-bond donors (Lipinski definition) is 2. The number of aliphatic hydroxyl groups excluding tert-OH is 1. The van der Waals surface area contributed by atoms with Gasteiger partial charge in [-0.05, 0) is 30.9 Å². The van der Waals surface area contributed by atoms with Crippen LogP contribution in [0.2, 0.25) is 0 Å². The fraction of sp³-hybridized carbons (Fsp3) is 0.538. The number of aromatic nitrogens is 1. The highest BCUT2D eigenvalue weighted by Crippen LogP contribution is 2.18. The van der Waals surface area contributed by atoms with Crippen LogP contribution >= 0.6 is 0 Å². The quantitative estimate of drug-likeness (QED) is 0.827. The molecule has 0 atom stereocenters. The molecule has 6 heteroatoms. The van der Waals surface area contributed by atoms with E-state index in [0.717, 1.165) is 12.8 Å². The number of piperidine rings is 1. The van der Waals surface area contributed by atoms with Crippen LogP contribution in [-0.2, 0) is 11.3 Å². The van der Waals surface area contributed by atoms with Crippen LogP contribution in [0.15, 0.2) is 18.3 Å². The van der Waals surface area contributed by atoms with Gasteiger partial charge in [-0.25, -0.2) is 0 Å². The van der Waals surface area contributed by atoms with E-state index in [4.69, 9.17) is 10.2 Å². The molecule has 0 saturated carbocycles. The van der Waals surface area contributed by atoms with Crippen molar-refractivity contribution in [1.82, 2.24) is 9.47 Å². The lowest BCUT2D eigenvalue weighted by molar-refractivity contribution is -0.137. The molecular formula is C13H18N2O4. The van der Waals surface area contributed by atoms with Crippen molar-refractivity contribution in [3.05, 3.63) is 24.0 Å². The molecule has 0 bridgehead atoms. The summed E-state index contributed by atoms with van der Waals surface area (Å²) in [5, 5.41) is 17.9. The van der Waals surface area contributed by atoms with Crippen LogP contribution in [0, 0.1) is 5.92 Å². The Morgan fingerprint density at radius 1 is 1.32 bits per heavy atom. The van der Waals surface area contributed by atoms with Crippen molar-refractivity contribution in [2.45, 2.75) is 19.4 Å². The van der Waals surface area contributed by atoms with E-state index in [-0.39, 0.29) is 25.0 Å². The van der Waals surface area contributed by atoms with E-state index in [9.17, 15) is 9.59 Å². The third-order valence-corrected chi connectivity index (χ3v) is 3.51. The number of likely N-dealkylation sites (tertiary alicyclic amines) is 1. The van der Waals surface area contributed by atoms with E-state index < -0.39 is 5.97 Å². The molecule has 6 nitrogen and oxygen atoms in total. The van der Waals surface area contributed by atoms with Crippen LogP contribution in [0.1, 0.15) is 23.3 Å². The molecule has 19 heavy (non-hydrogen) atoms. The molecule has 0 aliphatic carbocycles. The molecule has 1 aliphatic heterocycles. The van der Waals surface area contributed by atoms with Gasteiger partial charge in [0.15, 0.2) is 0 Å². The zero-order valence-electron chi connectivity index (χ0n) is 10.7. The van der Waals surface area contributed by atoms with Gasteiger partial charge < -0.3 is 19.7 Å². The molecule has 1 amide bonds. The van der Waals surface area contributed by atoms with E-state index in [0.29, 0.717) is 18.8 Å². The largest absolute Gasteiger partial charge is 0.480 e. The Hall–Kier alpha value is -1.82. The van der Waals surface area contributed by atoms with Crippen molar-refractivity contribution in [3.63, 3.8) is 0 Å². The number of amides is 1. The Balaban J connectivity index is 2.04. The van der Waals surface area contributed by atoms with Crippen LogP contribution in [0.3, 0.4) is 0 Å². The average molecular weight is 266 g/mol. The van der Waals surface area contributed by atoms with Gasteiger partial charge in [-0.1, -0.05) is 0 Å². The summed E-state index contributed by atoms with van der Waals surface area (Å²) < 4.78 is 1.45. The Bertz CT molecular complexity index is 461. The van der Waals surface area contributed by atoms with Gasteiger partial charge in [0.1, 0.15) is 12.2 Å². The minimum absolute atomic E-state index is 0.136. The molecule has 0 unspecified atom stereocenters. The SMILES string of the molecule is O=C(O)Cn1cccc1C(=O)N1CCC(CO)CC1. The van der Waals surface area contributed by atoms with Crippen LogP contribution < -0.4 is 0 Å². The number of hydrogen-bond acceptors (Lipinski definition) is 3. The maximum absolute atomic E-state index is 12.3. The Morgan fingerprint density at radius 2 is 2.00 bits per heavy atom. The number of aliphatic carboxylic acids is 1. The Labute approximate surface area is 111 Å². The summed E-state index contributed by atoms with van der Waals surface area (Å²) >= 11 is 0. The van der Waals surface area contributed by atoms with Crippen LogP contribution in [0.25, 0.3) is 0 Å². The molecule has 2 rings (SSSR count). The van der Waals surface area contributed by atoms with E-state index in [1.165, 1.54) is 4.57 Å². The number of carboxylic acids is 1.